The summed E-state index contributed by atoms with van der Waals surface area (Å²) >= 11 is 3.46. The first-order valence-corrected chi connectivity index (χ1v) is 5.84. The average Bonchev–Trinajstić information content (AvgIpc) is 2.74. The van der Waals surface area contributed by atoms with Gasteiger partial charge in [-0.1, -0.05) is 15.9 Å². The molecule has 1 aliphatic heterocycles. The molecule has 0 bridgehead atoms. The van der Waals surface area contributed by atoms with E-state index < -0.39 is 5.92 Å². The van der Waals surface area contributed by atoms with Gasteiger partial charge in [0.1, 0.15) is 0 Å². The van der Waals surface area contributed by atoms with Crippen LogP contribution in [0.4, 0.5) is 8.78 Å². The molecular weight excluding hydrogens is 240 g/mol. The van der Waals surface area contributed by atoms with Crippen molar-refractivity contribution < 1.29 is 8.78 Å². The highest BCUT2D eigenvalue weighted by molar-refractivity contribution is 9.09. The molecule has 0 radical (unpaired) electrons. The Kier molecular flexibility index (Phi) is 2.39. The van der Waals surface area contributed by atoms with Crippen molar-refractivity contribution in [1.29, 1.82) is 0 Å². The molecule has 0 N–H and O–H groups in total. The van der Waals surface area contributed by atoms with Crippen molar-refractivity contribution in [2.75, 3.05) is 25.0 Å². The van der Waals surface area contributed by atoms with E-state index in [1.807, 2.05) is 4.90 Å². The van der Waals surface area contributed by atoms with E-state index in [1.54, 1.807) is 0 Å². The second-order valence-electron chi connectivity index (χ2n) is 4.45. The number of hydrogen-bond acceptors (Lipinski definition) is 1. The standard InChI is InChI=1S/C9H14BrF2N/c10-5-8(1-2-8)6-13-4-3-9(11,12)7-13/h1-7H2. The molecule has 1 heterocycles. The maximum Gasteiger partial charge on any atom is 0.261 e. The summed E-state index contributed by atoms with van der Waals surface area (Å²) in [4.78, 5) is 1.91. The lowest BCUT2D eigenvalue weighted by atomic mass is 10.1. The van der Waals surface area contributed by atoms with Gasteiger partial charge in [0.2, 0.25) is 0 Å². The maximum absolute atomic E-state index is 12.8. The van der Waals surface area contributed by atoms with Crippen molar-refractivity contribution in [2.24, 2.45) is 5.41 Å². The van der Waals surface area contributed by atoms with Crippen molar-refractivity contribution >= 4 is 15.9 Å². The fraction of sp³-hybridized carbons (Fsp3) is 1.00. The zero-order valence-electron chi connectivity index (χ0n) is 7.53. The fourth-order valence-electron chi connectivity index (χ4n) is 1.93. The van der Waals surface area contributed by atoms with E-state index in [4.69, 9.17) is 0 Å². The zero-order valence-corrected chi connectivity index (χ0v) is 9.12. The minimum absolute atomic E-state index is 0.0260. The normalized spacial score (nSPS) is 30.7. The van der Waals surface area contributed by atoms with Gasteiger partial charge >= 0.3 is 0 Å². The SMILES string of the molecule is FC1(F)CCN(CC2(CBr)CC2)C1. The number of halogens is 3. The molecule has 1 aliphatic carbocycles. The van der Waals surface area contributed by atoms with Gasteiger partial charge in [0.15, 0.2) is 0 Å². The molecule has 1 nitrogen and oxygen atoms in total. The summed E-state index contributed by atoms with van der Waals surface area (Å²) < 4.78 is 25.7. The number of likely N-dealkylation sites (tertiary alicyclic amines) is 1. The topological polar surface area (TPSA) is 3.24 Å². The van der Waals surface area contributed by atoms with Gasteiger partial charge in [-0.3, -0.25) is 4.90 Å². The minimum atomic E-state index is -2.43. The molecule has 2 aliphatic rings. The Labute approximate surface area is 85.6 Å². The van der Waals surface area contributed by atoms with E-state index >= 15 is 0 Å². The minimum Gasteiger partial charge on any atom is -0.297 e. The zero-order chi connectivity index (χ0) is 9.53. The van der Waals surface area contributed by atoms with E-state index in [-0.39, 0.29) is 13.0 Å². The molecule has 13 heavy (non-hydrogen) atoms. The first-order chi connectivity index (χ1) is 6.05. The Morgan fingerprint density at radius 2 is 1.92 bits per heavy atom. The highest BCUT2D eigenvalue weighted by Gasteiger charge is 2.46. The van der Waals surface area contributed by atoms with Crippen molar-refractivity contribution in [2.45, 2.75) is 25.2 Å². The van der Waals surface area contributed by atoms with Crippen LogP contribution in [-0.4, -0.2) is 35.8 Å². The van der Waals surface area contributed by atoms with Crippen LogP contribution in [0.2, 0.25) is 0 Å². The second-order valence-corrected chi connectivity index (χ2v) is 5.01. The van der Waals surface area contributed by atoms with Crippen molar-refractivity contribution in [3.05, 3.63) is 0 Å². The van der Waals surface area contributed by atoms with E-state index in [0.717, 1.165) is 11.9 Å². The first kappa shape index (κ1) is 9.84. The molecule has 0 unspecified atom stereocenters. The van der Waals surface area contributed by atoms with Crippen LogP contribution in [0.15, 0.2) is 0 Å². The van der Waals surface area contributed by atoms with Crippen molar-refractivity contribution in [3.63, 3.8) is 0 Å². The van der Waals surface area contributed by atoms with Gasteiger partial charge < -0.3 is 0 Å². The lowest BCUT2D eigenvalue weighted by Crippen LogP contribution is -2.31. The van der Waals surface area contributed by atoms with Crippen LogP contribution < -0.4 is 0 Å². The number of nitrogens with zero attached hydrogens (tertiary/aromatic N) is 1. The third-order valence-corrected chi connectivity index (χ3v) is 4.24. The predicted octanol–water partition coefficient (Wildman–Crippen LogP) is 2.50. The van der Waals surface area contributed by atoms with Crippen molar-refractivity contribution in [3.8, 4) is 0 Å². The third-order valence-electron chi connectivity index (χ3n) is 3.05. The molecule has 0 aromatic rings. The molecule has 0 aromatic heterocycles. The molecule has 2 rings (SSSR count). The highest BCUT2D eigenvalue weighted by atomic mass is 79.9. The van der Waals surface area contributed by atoms with Gasteiger partial charge in [0.05, 0.1) is 6.54 Å². The molecule has 1 saturated heterocycles. The summed E-state index contributed by atoms with van der Waals surface area (Å²) in [6, 6.07) is 0. The van der Waals surface area contributed by atoms with Crippen LogP contribution in [0.3, 0.4) is 0 Å². The number of hydrogen-bond donors (Lipinski definition) is 0. The molecule has 0 spiro atoms. The van der Waals surface area contributed by atoms with Gasteiger partial charge in [-0.2, -0.15) is 0 Å². The predicted molar refractivity (Wildman–Crippen MR) is 51.5 cm³/mol. The smallest absolute Gasteiger partial charge is 0.261 e. The summed E-state index contributed by atoms with van der Waals surface area (Å²) in [6.45, 7) is 1.40. The van der Waals surface area contributed by atoms with Crippen LogP contribution in [0.5, 0.6) is 0 Å². The summed E-state index contributed by atoms with van der Waals surface area (Å²) in [5, 5.41) is 0.960. The summed E-state index contributed by atoms with van der Waals surface area (Å²) in [6.07, 6.45) is 2.44. The Morgan fingerprint density at radius 3 is 2.31 bits per heavy atom. The molecule has 0 amide bonds. The van der Waals surface area contributed by atoms with E-state index in [9.17, 15) is 8.78 Å². The lowest BCUT2D eigenvalue weighted by molar-refractivity contribution is 0.0108. The van der Waals surface area contributed by atoms with Gasteiger partial charge in [-0.25, -0.2) is 8.78 Å². The van der Waals surface area contributed by atoms with Gasteiger partial charge in [-0.05, 0) is 18.3 Å². The Bertz CT molecular complexity index is 204. The monoisotopic (exact) mass is 253 g/mol. The van der Waals surface area contributed by atoms with Gasteiger partial charge in [-0.15, -0.1) is 0 Å². The molecule has 0 aromatic carbocycles. The quantitative estimate of drug-likeness (QED) is 0.699. The van der Waals surface area contributed by atoms with Gasteiger partial charge in [0, 0.05) is 24.8 Å². The largest absolute Gasteiger partial charge is 0.297 e. The molecule has 0 atom stereocenters. The summed E-state index contributed by atoms with van der Waals surface area (Å²) in [7, 11) is 0. The Morgan fingerprint density at radius 1 is 1.23 bits per heavy atom. The van der Waals surface area contributed by atoms with Gasteiger partial charge in [0.25, 0.3) is 5.92 Å². The highest BCUT2D eigenvalue weighted by Crippen LogP contribution is 2.48. The van der Waals surface area contributed by atoms with Crippen molar-refractivity contribution in [1.82, 2.24) is 4.90 Å². The number of alkyl halides is 3. The summed E-state index contributed by atoms with van der Waals surface area (Å²) in [5.41, 5.74) is 0.334. The fourth-order valence-corrected chi connectivity index (χ4v) is 2.67. The van der Waals surface area contributed by atoms with Crippen LogP contribution in [0.1, 0.15) is 19.3 Å². The van der Waals surface area contributed by atoms with Crippen LogP contribution in [0.25, 0.3) is 0 Å². The first-order valence-electron chi connectivity index (χ1n) is 4.72. The Balaban J connectivity index is 1.84. The summed E-state index contributed by atoms with van der Waals surface area (Å²) in [5.74, 6) is -2.43. The molecule has 2 fully saturated rings. The average molecular weight is 254 g/mol. The van der Waals surface area contributed by atoms with E-state index in [0.29, 0.717) is 12.0 Å². The second kappa shape index (κ2) is 3.16. The van der Waals surface area contributed by atoms with E-state index in [2.05, 4.69) is 15.9 Å². The lowest BCUT2D eigenvalue weighted by Gasteiger charge is -2.21. The molecule has 4 heteroatoms. The molecular formula is C9H14BrF2N. The van der Waals surface area contributed by atoms with Crippen LogP contribution in [0, 0.1) is 5.41 Å². The third kappa shape index (κ3) is 2.21. The maximum atomic E-state index is 12.8. The number of rotatable bonds is 3. The van der Waals surface area contributed by atoms with Crippen LogP contribution >= 0.6 is 15.9 Å². The van der Waals surface area contributed by atoms with Crippen LogP contribution in [-0.2, 0) is 0 Å². The van der Waals surface area contributed by atoms with E-state index in [1.165, 1.54) is 12.8 Å². The molecule has 1 saturated carbocycles. The Hall–Kier alpha value is 0.300. The molecule has 76 valence electrons.